The van der Waals surface area contributed by atoms with E-state index in [2.05, 4.69) is 0 Å². The minimum Gasteiger partial charge on any atom is -0.394 e. The fourth-order valence-electron chi connectivity index (χ4n) is 5.13. The van der Waals surface area contributed by atoms with Gasteiger partial charge in [0.25, 0.3) is 0 Å². The number of hydrogen-bond acceptors (Lipinski definition) is 18. The molecule has 0 aromatic rings. The molecule has 3 rings (SSSR count). The minimum absolute atomic E-state index is 0.0428. The predicted molar refractivity (Wildman–Crippen MR) is 136 cm³/mol. The summed E-state index contributed by atoms with van der Waals surface area (Å²) in [5.41, 5.74) is 0. The highest BCUT2D eigenvalue weighted by molar-refractivity contribution is 7.97. The van der Waals surface area contributed by atoms with Crippen molar-refractivity contribution < 1.29 is 90.4 Å². The zero-order chi connectivity index (χ0) is 31.5. The van der Waals surface area contributed by atoms with Gasteiger partial charge < -0.3 is 90.4 Å². The Hall–Kier alpha value is -0.370. The SMILES string of the molecule is OC[C@H](O[C@@H]1O[C@H](CO)[C@@H](O[C@H]2O[C@H](CO)[C@@H](O)[C@H](O)[C@H]2O)[C@H](O)[C@H]1O)[C@@H](O)[C@H](O)[C@H](O)C[S+]1C[C@@H](O)[C@H](O)[C@H]1CO. The highest BCUT2D eigenvalue weighted by Crippen LogP contribution is 2.31. The molecule has 0 aliphatic carbocycles. The van der Waals surface area contributed by atoms with E-state index in [0.29, 0.717) is 0 Å². The molecule has 0 amide bonds. The van der Waals surface area contributed by atoms with Crippen molar-refractivity contribution in [2.45, 2.75) is 103 Å². The van der Waals surface area contributed by atoms with Gasteiger partial charge in [-0.25, -0.2) is 0 Å². The van der Waals surface area contributed by atoms with Crippen LogP contribution in [0.25, 0.3) is 0 Å². The van der Waals surface area contributed by atoms with Gasteiger partial charge in [0.2, 0.25) is 0 Å². The number of aliphatic hydroxyl groups is 14. The summed E-state index contributed by atoms with van der Waals surface area (Å²) in [5, 5.41) is 141. The van der Waals surface area contributed by atoms with E-state index in [1.807, 2.05) is 0 Å². The summed E-state index contributed by atoms with van der Waals surface area (Å²) >= 11 is 0. The largest absolute Gasteiger partial charge is 0.394 e. The van der Waals surface area contributed by atoms with Crippen molar-refractivity contribution in [3.63, 3.8) is 0 Å². The molecule has 3 fully saturated rings. The number of rotatable bonds is 13. The molecule has 0 aromatic heterocycles. The Balaban J connectivity index is 1.64. The van der Waals surface area contributed by atoms with Crippen LogP contribution in [0.1, 0.15) is 0 Å². The Morgan fingerprint density at radius 1 is 0.667 bits per heavy atom. The van der Waals surface area contributed by atoms with Crippen molar-refractivity contribution in [2.75, 3.05) is 37.9 Å². The van der Waals surface area contributed by atoms with Crippen LogP contribution in [0.4, 0.5) is 0 Å². The first-order chi connectivity index (χ1) is 19.8. The minimum atomic E-state index is -2.00. The maximum atomic E-state index is 10.7. The van der Waals surface area contributed by atoms with Gasteiger partial charge >= 0.3 is 0 Å². The summed E-state index contributed by atoms with van der Waals surface area (Å²) < 4.78 is 21.5. The molecule has 18 nitrogen and oxygen atoms in total. The molecule has 3 heterocycles. The van der Waals surface area contributed by atoms with Crippen LogP contribution in [0.2, 0.25) is 0 Å². The van der Waals surface area contributed by atoms with Crippen LogP contribution in [-0.4, -0.2) is 213 Å². The van der Waals surface area contributed by atoms with Gasteiger partial charge in [-0.1, -0.05) is 0 Å². The second-order valence-electron chi connectivity index (χ2n) is 10.6. The molecule has 19 heteroatoms. The lowest BCUT2D eigenvalue weighted by molar-refractivity contribution is -0.366. The third-order valence-electron chi connectivity index (χ3n) is 7.73. The Morgan fingerprint density at radius 2 is 1.26 bits per heavy atom. The van der Waals surface area contributed by atoms with Crippen molar-refractivity contribution in [1.29, 1.82) is 0 Å². The zero-order valence-corrected chi connectivity index (χ0v) is 23.2. The van der Waals surface area contributed by atoms with E-state index in [0.717, 1.165) is 0 Å². The molecule has 0 saturated carbocycles. The molecule has 14 N–H and O–H groups in total. The van der Waals surface area contributed by atoms with Crippen LogP contribution in [0.5, 0.6) is 0 Å². The first kappa shape index (κ1) is 36.1. The van der Waals surface area contributed by atoms with Gasteiger partial charge in [0.05, 0.1) is 26.4 Å². The summed E-state index contributed by atoms with van der Waals surface area (Å²) in [6, 6.07) is 0. The Kier molecular flexibility index (Phi) is 13.5. The van der Waals surface area contributed by atoms with Gasteiger partial charge in [0.1, 0.15) is 97.0 Å². The lowest BCUT2D eigenvalue weighted by Crippen LogP contribution is -2.65. The maximum Gasteiger partial charge on any atom is 0.187 e. The Morgan fingerprint density at radius 3 is 1.83 bits per heavy atom. The van der Waals surface area contributed by atoms with E-state index in [9.17, 15) is 71.5 Å². The third-order valence-corrected chi connectivity index (χ3v) is 10.6. The van der Waals surface area contributed by atoms with Crippen LogP contribution in [0.3, 0.4) is 0 Å². The van der Waals surface area contributed by atoms with Crippen molar-refractivity contribution in [3.05, 3.63) is 0 Å². The lowest BCUT2D eigenvalue weighted by atomic mass is 9.97. The first-order valence-electron chi connectivity index (χ1n) is 13.3. The van der Waals surface area contributed by atoms with E-state index in [1.54, 1.807) is 0 Å². The highest BCUT2D eigenvalue weighted by atomic mass is 32.2. The zero-order valence-electron chi connectivity index (χ0n) is 22.4. The molecule has 3 aliphatic heterocycles. The van der Waals surface area contributed by atoms with E-state index in [1.165, 1.54) is 0 Å². The van der Waals surface area contributed by atoms with E-state index in [-0.39, 0.29) is 11.5 Å². The Labute approximate surface area is 242 Å². The molecule has 18 atom stereocenters. The topological polar surface area (TPSA) is 320 Å². The molecule has 3 aliphatic rings. The van der Waals surface area contributed by atoms with Crippen LogP contribution >= 0.6 is 0 Å². The van der Waals surface area contributed by atoms with Crippen molar-refractivity contribution in [3.8, 4) is 0 Å². The summed E-state index contributed by atoms with van der Waals surface area (Å²) in [6.45, 7) is -3.10. The molecular weight excluding hydrogens is 596 g/mol. The first-order valence-corrected chi connectivity index (χ1v) is 15.0. The fraction of sp³-hybridized carbons (Fsp3) is 1.00. The average molecular weight is 640 g/mol. The van der Waals surface area contributed by atoms with Gasteiger partial charge in [0.15, 0.2) is 17.8 Å². The molecule has 248 valence electrons. The van der Waals surface area contributed by atoms with Gasteiger partial charge in [-0.3, -0.25) is 0 Å². The number of hydrogen-bond donors (Lipinski definition) is 14. The number of ether oxygens (including phenoxy) is 4. The molecule has 0 radical (unpaired) electrons. The van der Waals surface area contributed by atoms with Gasteiger partial charge in [-0.05, 0) is 0 Å². The molecule has 3 saturated heterocycles. The summed E-state index contributed by atoms with van der Waals surface area (Å²) in [6.07, 6.45) is -27.1. The van der Waals surface area contributed by atoms with Gasteiger partial charge in [-0.15, -0.1) is 0 Å². The van der Waals surface area contributed by atoms with Gasteiger partial charge in [-0.2, -0.15) is 0 Å². The summed E-state index contributed by atoms with van der Waals surface area (Å²) in [7, 11) is -0.933. The fourth-order valence-corrected chi connectivity index (χ4v) is 7.82. The van der Waals surface area contributed by atoms with Crippen LogP contribution in [0, 0.1) is 0 Å². The Bertz CT molecular complexity index is 811. The monoisotopic (exact) mass is 639 g/mol. The van der Waals surface area contributed by atoms with Crippen molar-refractivity contribution in [1.82, 2.24) is 0 Å². The smallest absolute Gasteiger partial charge is 0.187 e. The van der Waals surface area contributed by atoms with Crippen LogP contribution in [-0.2, 0) is 29.8 Å². The molecule has 1 unspecified atom stereocenters. The second kappa shape index (κ2) is 15.8. The normalized spacial score (nSPS) is 45.9. The standard InChI is InChI=1S/C23H43O18S/c24-1-9(15(32)14(31)8(29)6-42-5-7(28)13(30)12(42)4-27)38-22-20(37)18(35)21(11(3-26)40-22)41-23-19(36)17(34)16(33)10(2-25)39-23/h7-37H,1-6H2/q+1/t7-,8-,9+,10-,11-,12-,13+,14-,15-,16-,17+,18-,19-,20-,21-,22-,23-,42?/m1/s1. The lowest BCUT2D eigenvalue weighted by Gasteiger charge is -2.46. The van der Waals surface area contributed by atoms with Crippen LogP contribution in [0.15, 0.2) is 0 Å². The average Bonchev–Trinajstić information content (AvgIpc) is 3.25. The number of aliphatic hydroxyl groups excluding tert-OH is 14. The summed E-state index contributed by atoms with van der Waals surface area (Å²) in [5.74, 6) is -0.179. The van der Waals surface area contributed by atoms with E-state index >= 15 is 0 Å². The predicted octanol–water partition coefficient (Wildman–Crippen LogP) is -9.21. The van der Waals surface area contributed by atoms with E-state index < -0.39 is 141 Å². The van der Waals surface area contributed by atoms with Crippen LogP contribution < -0.4 is 0 Å². The van der Waals surface area contributed by atoms with Crippen molar-refractivity contribution in [2.24, 2.45) is 0 Å². The van der Waals surface area contributed by atoms with Gasteiger partial charge in [0, 0.05) is 10.9 Å². The summed E-state index contributed by atoms with van der Waals surface area (Å²) in [4.78, 5) is 0. The second-order valence-corrected chi connectivity index (χ2v) is 12.9. The maximum absolute atomic E-state index is 10.7. The molecule has 42 heavy (non-hydrogen) atoms. The van der Waals surface area contributed by atoms with E-state index in [4.69, 9.17) is 18.9 Å². The highest BCUT2D eigenvalue weighted by Gasteiger charge is 2.53. The quantitative estimate of drug-likeness (QED) is 0.0832. The van der Waals surface area contributed by atoms with Crippen molar-refractivity contribution >= 4 is 10.9 Å². The molecular formula is C23H43O18S+. The molecule has 0 bridgehead atoms. The molecule has 0 spiro atoms. The molecule has 0 aromatic carbocycles. The third kappa shape index (κ3) is 7.70.